The van der Waals surface area contributed by atoms with Gasteiger partial charge in [0.2, 0.25) is 0 Å². The van der Waals surface area contributed by atoms with Crippen LogP contribution in [0.4, 0.5) is 11.4 Å². The highest BCUT2D eigenvalue weighted by Gasteiger charge is 2.19. The molecule has 10 heteroatoms. The molecule has 8 nitrogen and oxygen atoms in total. The predicted octanol–water partition coefficient (Wildman–Crippen LogP) is 6.45. The van der Waals surface area contributed by atoms with Crippen LogP contribution in [0.15, 0.2) is 64.6 Å². The standard InChI is InChI=1S/C25H19BrClN3O5/c1-15-7-8-21(22(9-15)30(32)33)29-25(31)18(13-28)10-16-11-19(26)24(23(12-16)34-2)35-14-17-5-3-4-6-20(17)27/h3-12H,14H2,1-2H3,(H,29,31)/b18-10+. The molecule has 1 N–H and O–H groups in total. The molecule has 3 aromatic carbocycles. The topological polar surface area (TPSA) is 114 Å². The number of nitrogens with one attached hydrogen (secondary N) is 1. The van der Waals surface area contributed by atoms with Gasteiger partial charge in [-0.15, -0.1) is 0 Å². The lowest BCUT2D eigenvalue weighted by Crippen LogP contribution is -2.14. The van der Waals surface area contributed by atoms with Gasteiger partial charge in [0.15, 0.2) is 11.5 Å². The summed E-state index contributed by atoms with van der Waals surface area (Å²) in [7, 11) is 1.46. The summed E-state index contributed by atoms with van der Waals surface area (Å²) in [6, 6.07) is 16.8. The summed E-state index contributed by atoms with van der Waals surface area (Å²) in [4.78, 5) is 23.4. The number of halogens is 2. The number of nitro groups is 1. The van der Waals surface area contributed by atoms with Crippen LogP contribution in [0.3, 0.4) is 0 Å². The lowest BCUT2D eigenvalue weighted by atomic mass is 10.1. The molecule has 0 radical (unpaired) electrons. The first-order valence-electron chi connectivity index (χ1n) is 10.2. The molecule has 3 aromatic rings. The highest BCUT2D eigenvalue weighted by Crippen LogP contribution is 2.38. The van der Waals surface area contributed by atoms with Crippen molar-refractivity contribution in [1.82, 2.24) is 0 Å². The van der Waals surface area contributed by atoms with Crippen molar-refractivity contribution in [2.24, 2.45) is 0 Å². The molecule has 0 aliphatic rings. The highest BCUT2D eigenvalue weighted by atomic mass is 79.9. The van der Waals surface area contributed by atoms with Gasteiger partial charge in [-0.25, -0.2) is 0 Å². The van der Waals surface area contributed by atoms with Crippen molar-refractivity contribution in [3.05, 3.63) is 96.5 Å². The van der Waals surface area contributed by atoms with Crippen LogP contribution in [0, 0.1) is 28.4 Å². The summed E-state index contributed by atoms with van der Waals surface area (Å²) < 4.78 is 11.9. The van der Waals surface area contributed by atoms with Gasteiger partial charge in [-0.05, 0) is 64.3 Å². The molecule has 0 aliphatic heterocycles. The van der Waals surface area contributed by atoms with E-state index >= 15 is 0 Å². The third-order valence-corrected chi connectivity index (χ3v) is 5.81. The second kappa shape index (κ2) is 11.5. The number of nitriles is 1. The number of nitro benzene ring substituents is 1. The van der Waals surface area contributed by atoms with Gasteiger partial charge in [0.1, 0.15) is 23.9 Å². The number of hydrogen-bond donors (Lipinski definition) is 1. The normalized spacial score (nSPS) is 10.9. The smallest absolute Gasteiger partial charge is 0.293 e. The molecule has 0 atom stereocenters. The molecule has 0 spiro atoms. The Bertz CT molecular complexity index is 1370. The van der Waals surface area contributed by atoms with Gasteiger partial charge in [0, 0.05) is 16.7 Å². The zero-order valence-corrected chi connectivity index (χ0v) is 21.0. The second-order valence-electron chi connectivity index (χ2n) is 7.32. The lowest BCUT2D eigenvalue weighted by molar-refractivity contribution is -0.384. The van der Waals surface area contributed by atoms with Crippen molar-refractivity contribution in [3.8, 4) is 17.6 Å². The van der Waals surface area contributed by atoms with Gasteiger partial charge in [0.25, 0.3) is 11.6 Å². The predicted molar refractivity (Wildman–Crippen MR) is 137 cm³/mol. The number of hydrogen-bond acceptors (Lipinski definition) is 6. The van der Waals surface area contributed by atoms with E-state index in [1.807, 2.05) is 24.3 Å². The van der Waals surface area contributed by atoms with Gasteiger partial charge in [-0.1, -0.05) is 35.9 Å². The monoisotopic (exact) mass is 555 g/mol. The number of carbonyl (C=O) groups excluding carboxylic acids is 1. The van der Waals surface area contributed by atoms with E-state index in [0.717, 1.165) is 5.56 Å². The molecule has 0 fully saturated rings. The summed E-state index contributed by atoms with van der Waals surface area (Å²) in [5, 5.41) is 23.9. The van der Waals surface area contributed by atoms with E-state index in [-0.39, 0.29) is 23.6 Å². The fraction of sp³-hybridized carbons (Fsp3) is 0.120. The van der Waals surface area contributed by atoms with E-state index < -0.39 is 10.8 Å². The summed E-state index contributed by atoms with van der Waals surface area (Å²) in [6.07, 6.45) is 1.35. The SMILES string of the molecule is COc1cc(/C=C(\C#N)C(=O)Nc2ccc(C)cc2[N+](=O)[O-])cc(Br)c1OCc1ccccc1Cl. The molecule has 0 saturated heterocycles. The minimum absolute atomic E-state index is 0.00571. The Hall–Kier alpha value is -3.87. The molecule has 0 heterocycles. The Kier molecular flexibility index (Phi) is 8.47. The Morgan fingerprint density at radius 2 is 2.00 bits per heavy atom. The summed E-state index contributed by atoms with van der Waals surface area (Å²) in [5.74, 6) is 0.000876. The van der Waals surface area contributed by atoms with E-state index in [9.17, 15) is 20.2 Å². The van der Waals surface area contributed by atoms with Crippen LogP contribution in [0.1, 0.15) is 16.7 Å². The Labute approximate surface area is 215 Å². The molecule has 0 aliphatic carbocycles. The van der Waals surface area contributed by atoms with Gasteiger partial charge < -0.3 is 14.8 Å². The van der Waals surface area contributed by atoms with Crippen LogP contribution < -0.4 is 14.8 Å². The molecular formula is C25H19BrClN3O5. The van der Waals surface area contributed by atoms with Crippen LogP contribution in [-0.2, 0) is 11.4 Å². The third-order valence-electron chi connectivity index (χ3n) is 4.86. The van der Waals surface area contributed by atoms with Crippen LogP contribution in [0.25, 0.3) is 6.08 Å². The van der Waals surface area contributed by atoms with Crippen molar-refractivity contribution in [2.45, 2.75) is 13.5 Å². The minimum atomic E-state index is -0.784. The van der Waals surface area contributed by atoms with E-state index in [1.165, 1.54) is 25.3 Å². The van der Waals surface area contributed by atoms with E-state index in [4.69, 9.17) is 21.1 Å². The number of nitrogens with zero attached hydrogens (tertiary/aromatic N) is 2. The maximum Gasteiger partial charge on any atom is 0.293 e. The maximum absolute atomic E-state index is 12.7. The Morgan fingerprint density at radius 3 is 2.66 bits per heavy atom. The van der Waals surface area contributed by atoms with Crippen molar-refractivity contribution in [3.63, 3.8) is 0 Å². The number of anilines is 1. The molecule has 1 amide bonds. The Morgan fingerprint density at radius 1 is 1.26 bits per heavy atom. The van der Waals surface area contributed by atoms with Crippen molar-refractivity contribution in [2.75, 3.05) is 12.4 Å². The lowest BCUT2D eigenvalue weighted by Gasteiger charge is -2.14. The van der Waals surface area contributed by atoms with Crippen LogP contribution >= 0.6 is 27.5 Å². The summed E-state index contributed by atoms with van der Waals surface area (Å²) >= 11 is 9.63. The van der Waals surface area contributed by atoms with E-state index in [0.29, 0.717) is 32.1 Å². The fourth-order valence-corrected chi connectivity index (χ4v) is 3.90. The van der Waals surface area contributed by atoms with E-state index in [2.05, 4.69) is 21.2 Å². The third kappa shape index (κ3) is 6.38. The fourth-order valence-electron chi connectivity index (χ4n) is 3.13. The average Bonchev–Trinajstić information content (AvgIpc) is 2.83. The first kappa shape index (κ1) is 25.7. The molecule has 0 saturated carbocycles. The summed E-state index contributed by atoms with van der Waals surface area (Å²) in [6.45, 7) is 1.90. The quantitative estimate of drug-likeness (QED) is 0.148. The number of carbonyl (C=O) groups is 1. The largest absolute Gasteiger partial charge is 0.493 e. The van der Waals surface area contributed by atoms with Crippen molar-refractivity contribution >= 4 is 50.9 Å². The molecule has 35 heavy (non-hydrogen) atoms. The van der Waals surface area contributed by atoms with Gasteiger partial charge in [0.05, 0.1) is 16.5 Å². The Balaban J connectivity index is 1.86. The number of benzene rings is 3. The first-order valence-corrected chi connectivity index (χ1v) is 11.3. The number of amides is 1. The minimum Gasteiger partial charge on any atom is -0.493 e. The second-order valence-corrected chi connectivity index (χ2v) is 8.58. The van der Waals surface area contributed by atoms with Gasteiger partial charge >= 0.3 is 0 Å². The number of rotatable bonds is 8. The van der Waals surface area contributed by atoms with Gasteiger partial charge in [-0.3, -0.25) is 14.9 Å². The average molecular weight is 557 g/mol. The van der Waals surface area contributed by atoms with Crippen LogP contribution in [0.2, 0.25) is 5.02 Å². The molecule has 3 rings (SSSR count). The number of aryl methyl sites for hydroxylation is 1. The zero-order valence-electron chi connectivity index (χ0n) is 18.7. The molecule has 178 valence electrons. The maximum atomic E-state index is 12.7. The highest BCUT2D eigenvalue weighted by molar-refractivity contribution is 9.10. The molecular weight excluding hydrogens is 538 g/mol. The zero-order chi connectivity index (χ0) is 25.5. The van der Waals surface area contributed by atoms with Gasteiger partial charge in [-0.2, -0.15) is 5.26 Å². The number of ether oxygens (including phenoxy) is 2. The van der Waals surface area contributed by atoms with Crippen molar-refractivity contribution < 1.29 is 19.2 Å². The molecule has 0 unspecified atom stereocenters. The molecule has 0 bridgehead atoms. The number of methoxy groups -OCH3 is 1. The van der Waals surface area contributed by atoms with Crippen molar-refractivity contribution in [1.29, 1.82) is 5.26 Å². The van der Waals surface area contributed by atoms with E-state index in [1.54, 1.807) is 31.2 Å². The van der Waals surface area contributed by atoms with Crippen LogP contribution in [-0.4, -0.2) is 17.9 Å². The molecule has 0 aromatic heterocycles. The van der Waals surface area contributed by atoms with Crippen LogP contribution in [0.5, 0.6) is 11.5 Å². The first-order chi connectivity index (χ1) is 16.7. The summed E-state index contributed by atoms with van der Waals surface area (Å²) in [5.41, 5.74) is 1.41.